The molecule has 0 aromatic heterocycles. The lowest BCUT2D eigenvalue weighted by Gasteiger charge is -2.33. The van der Waals surface area contributed by atoms with E-state index >= 15 is 0 Å². The molecule has 7 nitrogen and oxygen atoms in total. The predicted octanol–water partition coefficient (Wildman–Crippen LogP) is 0.703. The number of ether oxygens (including phenoxy) is 1. The van der Waals surface area contributed by atoms with Crippen LogP contribution in [0.1, 0.15) is 27.2 Å². The number of nitrogens with zero attached hydrogens (tertiary/aromatic N) is 2. The van der Waals surface area contributed by atoms with E-state index in [2.05, 4.69) is 34.4 Å². The number of rotatable bonds is 6. The Morgan fingerprint density at radius 3 is 2.76 bits per heavy atom. The number of halogens is 1. The van der Waals surface area contributed by atoms with Gasteiger partial charge >= 0.3 is 0 Å². The van der Waals surface area contributed by atoms with Crippen molar-refractivity contribution < 1.29 is 13.2 Å². The molecule has 0 saturated carbocycles. The van der Waals surface area contributed by atoms with Crippen LogP contribution in [0.4, 0.5) is 0 Å². The van der Waals surface area contributed by atoms with Crippen LogP contribution in [0.3, 0.4) is 0 Å². The van der Waals surface area contributed by atoms with Crippen LogP contribution in [0.2, 0.25) is 0 Å². The van der Waals surface area contributed by atoms with Crippen molar-refractivity contribution in [2.45, 2.75) is 39.3 Å². The van der Waals surface area contributed by atoms with E-state index in [1.165, 1.54) is 0 Å². The van der Waals surface area contributed by atoms with Crippen molar-refractivity contribution in [1.29, 1.82) is 0 Å². The van der Waals surface area contributed by atoms with Gasteiger partial charge in [-0.3, -0.25) is 9.89 Å². The highest BCUT2D eigenvalue weighted by molar-refractivity contribution is 14.0. The molecule has 2 rings (SSSR count). The maximum Gasteiger partial charge on any atom is 0.191 e. The first-order valence-electron chi connectivity index (χ1n) is 8.97. The van der Waals surface area contributed by atoms with Gasteiger partial charge in [0.2, 0.25) is 0 Å². The summed E-state index contributed by atoms with van der Waals surface area (Å²) in [6.07, 6.45) is 0.745. The van der Waals surface area contributed by atoms with E-state index < -0.39 is 9.84 Å². The lowest BCUT2D eigenvalue weighted by atomic mass is 10.2. The second-order valence-corrected chi connectivity index (χ2v) is 9.34. The van der Waals surface area contributed by atoms with Crippen molar-refractivity contribution >= 4 is 39.8 Å². The van der Waals surface area contributed by atoms with Gasteiger partial charge in [0.1, 0.15) is 0 Å². The van der Waals surface area contributed by atoms with Gasteiger partial charge < -0.3 is 15.4 Å². The quantitative estimate of drug-likeness (QED) is 0.326. The third-order valence-electron chi connectivity index (χ3n) is 4.22. The molecule has 2 unspecified atom stereocenters. The van der Waals surface area contributed by atoms with Crippen molar-refractivity contribution in [2.24, 2.45) is 10.9 Å². The fraction of sp³-hybridized carbons (Fsp3) is 0.938. The number of sulfone groups is 1. The molecule has 0 aromatic carbocycles. The molecule has 2 N–H and O–H groups in total. The zero-order valence-electron chi connectivity index (χ0n) is 15.5. The van der Waals surface area contributed by atoms with Crippen molar-refractivity contribution in [3.05, 3.63) is 0 Å². The van der Waals surface area contributed by atoms with Gasteiger partial charge in [0, 0.05) is 32.2 Å². The SMILES string of the molecule is CCNC(=NCC1CN(CC(C)C)CCO1)NC1CCS(=O)(=O)C1.I. The Kier molecular flexibility index (Phi) is 9.97. The minimum atomic E-state index is -2.89. The molecule has 0 spiro atoms. The summed E-state index contributed by atoms with van der Waals surface area (Å²) in [6, 6.07) is -0.0440. The molecule has 2 saturated heterocycles. The van der Waals surface area contributed by atoms with E-state index in [0.717, 1.165) is 32.8 Å². The highest BCUT2D eigenvalue weighted by Crippen LogP contribution is 2.11. The molecule has 25 heavy (non-hydrogen) atoms. The summed E-state index contributed by atoms with van der Waals surface area (Å²) in [4.78, 5) is 7.04. The van der Waals surface area contributed by atoms with Crippen LogP contribution in [0.5, 0.6) is 0 Å². The number of aliphatic imine (C=N–C) groups is 1. The van der Waals surface area contributed by atoms with Gasteiger partial charge in [0.05, 0.1) is 30.8 Å². The molecular weight excluding hydrogens is 455 g/mol. The summed E-state index contributed by atoms with van der Waals surface area (Å²) in [5, 5.41) is 6.44. The molecule has 2 heterocycles. The minimum Gasteiger partial charge on any atom is -0.374 e. The van der Waals surface area contributed by atoms with Gasteiger partial charge in [-0.25, -0.2) is 8.42 Å². The number of hydrogen-bond acceptors (Lipinski definition) is 5. The molecule has 0 amide bonds. The van der Waals surface area contributed by atoms with Gasteiger partial charge in [-0.15, -0.1) is 24.0 Å². The predicted molar refractivity (Wildman–Crippen MR) is 113 cm³/mol. The molecule has 2 aliphatic heterocycles. The molecule has 2 aliphatic rings. The Labute approximate surface area is 169 Å². The van der Waals surface area contributed by atoms with Crippen LogP contribution in [0.25, 0.3) is 0 Å². The van der Waals surface area contributed by atoms with E-state index in [-0.39, 0.29) is 47.6 Å². The Balaban J connectivity index is 0.00000312. The molecule has 0 aliphatic carbocycles. The van der Waals surface area contributed by atoms with E-state index in [0.29, 0.717) is 24.8 Å². The van der Waals surface area contributed by atoms with Gasteiger partial charge in [-0.2, -0.15) is 0 Å². The molecule has 0 bridgehead atoms. The van der Waals surface area contributed by atoms with Gasteiger partial charge in [0.15, 0.2) is 15.8 Å². The molecule has 9 heteroatoms. The third-order valence-corrected chi connectivity index (χ3v) is 5.98. The largest absolute Gasteiger partial charge is 0.374 e. The zero-order valence-corrected chi connectivity index (χ0v) is 18.7. The number of guanidine groups is 1. The number of nitrogens with one attached hydrogen (secondary N) is 2. The van der Waals surface area contributed by atoms with Crippen LogP contribution in [0, 0.1) is 5.92 Å². The summed E-state index contributed by atoms with van der Waals surface area (Å²) in [5.41, 5.74) is 0. The number of hydrogen-bond donors (Lipinski definition) is 2. The van der Waals surface area contributed by atoms with E-state index in [1.807, 2.05) is 6.92 Å². The van der Waals surface area contributed by atoms with Crippen molar-refractivity contribution in [2.75, 3.05) is 50.8 Å². The lowest BCUT2D eigenvalue weighted by Crippen LogP contribution is -2.47. The normalized spacial score (nSPS) is 27.1. The zero-order chi connectivity index (χ0) is 17.6. The summed E-state index contributed by atoms with van der Waals surface area (Å²) in [6.45, 7) is 11.5. The maximum absolute atomic E-state index is 11.6. The smallest absolute Gasteiger partial charge is 0.191 e. The second-order valence-electron chi connectivity index (χ2n) is 7.11. The lowest BCUT2D eigenvalue weighted by molar-refractivity contribution is -0.0262. The Bertz CT molecular complexity index is 527. The van der Waals surface area contributed by atoms with Crippen LogP contribution in [-0.4, -0.2) is 82.3 Å². The third kappa shape index (κ3) is 8.40. The van der Waals surface area contributed by atoms with Crippen LogP contribution in [0.15, 0.2) is 4.99 Å². The maximum atomic E-state index is 11.6. The first kappa shape index (κ1) is 22.9. The fourth-order valence-electron chi connectivity index (χ4n) is 3.19. The fourth-order valence-corrected chi connectivity index (χ4v) is 4.86. The Morgan fingerprint density at radius 2 is 2.16 bits per heavy atom. The topological polar surface area (TPSA) is 83.0 Å². The van der Waals surface area contributed by atoms with E-state index in [4.69, 9.17) is 4.74 Å². The second kappa shape index (κ2) is 10.9. The average Bonchev–Trinajstić information content (AvgIpc) is 2.84. The van der Waals surface area contributed by atoms with E-state index in [9.17, 15) is 8.42 Å². The molecular formula is C16H33IN4O3S. The highest BCUT2D eigenvalue weighted by Gasteiger charge is 2.28. The summed E-state index contributed by atoms with van der Waals surface area (Å²) >= 11 is 0. The van der Waals surface area contributed by atoms with Crippen LogP contribution >= 0.6 is 24.0 Å². The van der Waals surface area contributed by atoms with Gasteiger partial charge in [-0.05, 0) is 19.3 Å². The van der Waals surface area contributed by atoms with Crippen LogP contribution < -0.4 is 10.6 Å². The summed E-state index contributed by atoms with van der Waals surface area (Å²) < 4.78 is 29.0. The molecule has 0 radical (unpaired) electrons. The average molecular weight is 488 g/mol. The summed E-state index contributed by atoms with van der Waals surface area (Å²) in [5.74, 6) is 1.79. The first-order valence-corrected chi connectivity index (χ1v) is 10.8. The molecule has 148 valence electrons. The molecule has 2 fully saturated rings. The Morgan fingerprint density at radius 1 is 1.40 bits per heavy atom. The standard InChI is InChI=1S/C16H32N4O3S.HI/c1-4-17-16(19-14-5-8-24(21,22)12-14)18-9-15-11-20(6-7-23-15)10-13(2)3;/h13-15H,4-12H2,1-3H3,(H2,17,18,19);1H. The monoisotopic (exact) mass is 488 g/mol. The first-order chi connectivity index (χ1) is 11.4. The summed E-state index contributed by atoms with van der Waals surface area (Å²) in [7, 11) is -2.89. The molecule has 2 atom stereocenters. The minimum absolute atomic E-state index is 0. The van der Waals surface area contributed by atoms with Crippen LogP contribution in [-0.2, 0) is 14.6 Å². The van der Waals surface area contributed by atoms with Crippen molar-refractivity contribution in [3.8, 4) is 0 Å². The molecule has 0 aromatic rings. The van der Waals surface area contributed by atoms with Gasteiger partial charge in [-0.1, -0.05) is 13.8 Å². The van der Waals surface area contributed by atoms with Gasteiger partial charge in [0.25, 0.3) is 0 Å². The van der Waals surface area contributed by atoms with Crippen molar-refractivity contribution in [3.63, 3.8) is 0 Å². The van der Waals surface area contributed by atoms with Crippen molar-refractivity contribution in [1.82, 2.24) is 15.5 Å². The number of morpholine rings is 1. The van der Waals surface area contributed by atoms with E-state index in [1.54, 1.807) is 0 Å². The Hall–Kier alpha value is -0.130. The highest BCUT2D eigenvalue weighted by atomic mass is 127.